The summed E-state index contributed by atoms with van der Waals surface area (Å²) in [5, 5.41) is 16.3. The third kappa shape index (κ3) is 5.45. The number of hydrogen-bond acceptors (Lipinski definition) is 5. The van der Waals surface area contributed by atoms with Crippen LogP contribution in [0.3, 0.4) is 0 Å². The molecule has 3 amide bonds. The molecular formula is C28H34BrN7O2. The van der Waals surface area contributed by atoms with Gasteiger partial charge in [-0.25, -0.2) is 4.79 Å². The second-order valence-corrected chi connectivity index (χ2v) is 12.4. The van der Waals surface area contributed by atoms with E-state index >= 15 is 0 Å². The van der Waals surface area contributed by atoms with Crippen molar-refractivity contribution in [2.45, 2.75) is 65.1 Å². The molecule has 1 aliphatic carbocycles. The van der Waals surface area contributed by atoms with Gasteiger partial charge < -0.3 is 10.2 Å². The van der Waals surface area contributed by atoms with Crippen LogP contribution in [0.25, 0.3) is 0 Å². The van der Waals surface area contributed by atoms with Crippen molar-refractivity contribution in [3.63, 3.8) is 0 Å². The summed E-state index contributed by atoms with van der Waals surface area (Å²) in [4.78, 5) is 30.4. The van der Waals surface area contributed by atoms with E-state index in [-0.39, 0.29) is 29.4 Å². The zero-order valence-corrected chi connectivity index (χ0v) is 23.7. The van der Waals surface area contributed by atoms with Crippen LogP contribution in [0.5, 0.6) is 0 Å². The summed E-state index contributed by atoms with van der Waals surface area (Å²) in [6.45, 7) is 8.37. The first-order valence-electron chi connectivity index (χ1n) is 13.1. The van der Waals surface area contributed by atoms with Crippen molar-refractivity contribution in [1.29, 1.82) is 0 Å². The predicted octanol–water partition coefficient (Wildman–Crippen LogP) is 5.31. The Morgan fingerprint density at radius 2 is 1.79 bits per heavy atom. The summed E-state index contributed by atoms with van der Waals surface area (Å²) in [5.41, 5.74) is 2.53. The van der Waals surface area contributed by atoms with Crippen molar-refractivity contribution >= 4 is 33.6 Å². The number of carbonyl (C=O) groups excluding carboxylic acids is 2. The molecule has 3 aromatic rings. The molecule has 0 radical (unpaired) electrons. The van der Waals surface area contributed by atoms with Gasteiger partial charge in [-0.2, -0.15) is 5.21 Å². The second-order valence-electron chi connectivity index (χ2n) is 11.5. The number of hydrogen-bond donors (Lipinski definition) is 2. The van der Waals surface area contributed by atoms with Crippen molar-refractivity contribution < 1.29 is 9.59 Å². The topological polar surface area (TPSA) is 107 Å². The van der Waals surface area contributed by atoms with Gasteiger partial charge in [0.2, 0.25) is 0 Å². The summed E-state index contributed by atoms with van der Waals surface area (Å²) < 4.78 is 0.992. The molecule has 2 N–H and O–H groups in total. The molecule has 38 heavy (non-hydrogen) atoms. The van der Waals surface area contributed by atoms with Gasteiger partial charge >= 0.3 is 6.03 Å². The van der Waals surface area contributed by atoms with Gasteiger partial charge in [0.15, 0.2) is 5.82 Å². The number of carbonyl (C=O) groups is 2. The number of rotatable bonds is 6. The Hall–Kier alpha value is -3.27. The number of tetrazole rings is 1. The van der Waals surface area contributed by atoms with Gasteiger partial charge in [0.1, 0.15) is 0 Å². The minimum atomic E-state index is -0.211. The Kier molecular flexibility index (Phi) is 7.26. The monoisotopic (exact) mass is 579 g/mol. The van der Waals surface area contributed by atoms with Gasteiger partial charge in [-0.1, -0.05) is 54.0 Å². The molecule has 1 aromatic heterocycles. The zero-order valence-electron chi connectivity index (χ0n) is 22.1. The first-order valence-corrected chi connectivity index (χ1v) is 13.9. The zero-order chi connectivity index (χ0) is 26.9. The largest absolute Gasteiger partial charge is 0.345 e. The van der Waals surface area contributed by atoms with Gasteiger partial charge in [-0.15, -0.1) is 10.2 Å². The fourth-order valence-corrected chi connectivity index (χ4v) is 6.03. The lowest BCUT2D eigenvalue weighted by Crippen LogP contribution is -2.50. The Balaban J connectivity index is 1.34. The van der Waals surface area contributed by atoms with Crippen LogP contribution in [-0.4, -0.2) is 49.5 Å². The van der Waals surface area contributed by atoms with E-state index in [1.807, 2.05) is 41.3 Å². The number of anilines is 1. The van der Waals surface area contributed by atoms with Crippen LogP contribution in [0, 0.1) is 11.3 Å². The molecule has 200 valence electrons. The van der Waals surface area contributed by atoms with E-state index < -0.39 is 0 Å². The lowest BCUT2D eigenvalue weighted by Gasteiger charge is -2.45. The molecule has 9 nitrogen and oxygen atoms in total. The number of aromatic amines is 1. The number of aromatic nitrogens is 4. The molecule has 1 aliphatic heterocycles. The highest BCUT2D eigenvalue weighted by Gasteiger charge is 2.52. The summed E-state index contributed by atoms with van der Waals surface area (Å²) >= 11 is 3.50. The molecule has 10 heteroatoms. The van der Waals surface area contributed by atoms with Crippen molar-refractivity contribution in [3.8, 4) is 0 Å². The Morgan fingerprint density at radius 1 is 1.11 bits per heavy atom. The minimum Gasteiger partial charge on any atom is -0.345 e. The van der Waals surface area contributed by atoms with Crippen LogP contribution < -0.4 is 10.2 Å². The number of nitrogens with zero attached hydrogens (tertiary/aromatic N) is 5. The number of urea groups is 1. The number of halogens is 1. The molecule has 0 unspecified atom stereocenters. The van der Waals surface area contributed by atoms with Crippen LogP contribution in [0.1, 0.15) is 68.2 Å². The van der Waals surface area contributed by atoms with Crippen LogP contribution in [0.4, 0.5) is 10.5 Å². The highest BCUT2D eigenvalue weighted by Crippen LogP contribution is 2.47. The van der Waals surface area contributed by atoms with Crippen LogP contribution in [0.15, 0.2) is 53.0 Å². The van der Waals surface area contributed by atoms with Gasteiger partial charge in [-0.05, 0) is 79.0 Å². The van der Waals surface area contributed by atoms with E-state index in [2.05, 4.69) is 67.5 Å². The van der Waals surface area contributed by atoms with E-state index in [4.69, 9.17) is 0 Å². The maximum absolute atomic E-state index is 13.9. The first kappa shape index (κ1) is 26.3. The molecule has 1 saturated carbocycles. The fraction of sp³-hybridized carbons (Fsp3) is 0.464. The molecule has 2 heterocycles. The molecule has 2 fully saturated rings. The van der Waals surface area contributed by atoms with Crippen molar-refractivity contribution in [1.82, 2.24) is 30.8 Å². The van der Waals surface area contributed by atoms with Gasteiger partial charge in [0.05, 0.1) is 18.6 Å². The van der Waals surface area contributed by atoms with E-state index in [0.29, 0.717) is 30.4 Å². The number of benzene rings is 2. The van der Waals surface area contributed by atoms with E-state index in [1.54, 1.807) is 12.1 Å². The SMILES string of the molecule is CC(C)(C)C1CCC2(CC1)CN(c1ccc(Br)cc1)C(=O)N2Cc1ccc(C(=O)NCc2nn[nH]n2)cc1. The predicted molar refractivity (Wildman–Crippen MR) is 148 cm³/mol. The van der Waals surface area contributed by atoms with E-state index in [9.17, 15) is 9.59 Å². The smallest absolute Gasteiger partial charge is 0.325 e. The highest BCUT2D eigenvalue weighted by molar-refractivity contribution is 9.10. The standard InChI is InChI=1S/C28H34BrN7O2/c1-27(2,3)21-12-14-28(15-13-21)18-35(23-10-8-22(29)9-11-23)26(38)36(28)17-19-4-6-20(7-5-19)25(37)30-16-24-31-33-34-32-24/h4-11,21H,12-18H2,1-3H3,(H,30,37)(H,31,32,33,34). The maximum atomic E-state index is 13.9. The molecule has 5 rings (SSSR count). The van der Waals surface area contributed by atoms with Gasteiger partial charge in [-0.3, -0.25) is 9.69 Å². The van der Waals surface area contributed by atoms with Crippen molar-refractivity contribution in [2.75, 3.05) is 11.4 Å². The lowest BCUT2D eigenvalue weighted by atomic mass is 9.67. The van der Waals surface area contributed by atoms with Gasteiger partial charge in [0.25, 0.3) is 5.91 Å². The average Bonchev–Trinajstić information content (AvgIpc) is 3.51. The van der Waals surface area contributed by atoms with Crippen LogP contribution >= 0.6 is 15.9 Å². The lowest BCUT2D eigenvalue weighted by molar-refractivity contribution is 0.0631. The molecule has 0 atom stereocenters. The first-order chi connectivity index (χ1) is 18.1. The van der Waals surface area contributed by atoms with Crippen molar-refractivity contribution in [2.24, 2.45) is 11.3 Å². The molecule has 1 spiro atoms. The van der Waals surface area contributed by atoms with E-state index in [0.717, 1.165) is 41.4 Å². The maximum Gasteiger partial charge on any atom is 0.325 e. The molecule has 2 aliphatic rings. The summed E-state index contributed by atoms with van der Waals surface area (Å²) in [6, 6.07) is 15.5. The Morgan fingerprint density at radius 3 is 2.39 bits per heavy atom. The average molecular weight is 581 g/mol. The number of nitrogens with one attached hydrogen (secondary N) is 2. The second kappa shape index (κ2) is 10.5. The summed E-state index contributed by atoms with van der Waals surface area (Å²) in [5.74, 6) is 0.860. The summed E-state index contributed by atoms with van der Waals surface area (Å²) in [7, 11) is 0. The highest BCUT2D eigenvalue weighted by atomic mass is 79.9. The number of amides is 3. The number of H-pyrrole nitrogens is 1. The molecule has 2 aromatic carbocycles. The molecule has 1 saturated heterocycles. The minimum absolute atomic E-state index is 0.0449. The van der Waals surface area contributed by atoms with Crippen LogP contribution in [0.2, 0.25) is 0 Å². The van der Waals surface area contributed by atoms with Gasteiger partial charge in [0, 0.05) is 22.3 Å². The molecular weight excluding hydrogens is 546 g/mol. The summed E-state index contributed by atoms with van der Waals surface area (Å²) in [6.07, 6.45) is 4.20. The fourth-order valence-electron chi connectivity index (χ4n) is 5.77. The molecule has 0 bridgehead atoms. The van der Waals surface area contributed by atoms with Crippen LogP contribution in [-0.2, 0) is 13.1 Å². The van der Waals surface area contributed by atoms with E-state index in [1.165, 1.54) is 0 Å². The third-order valence-corrected chi connectivity index (χ3v) is 8.65. The van der Waals surface area contributed by atoms with Crippen molar-refractivity contribution in [3.05, 3.63) is 70.0 Å². The quantitative estimate of drug-likeness (QED) is 0.411. The normalized spacial score (nSPS) is 21.8. The Labute approximate surface area is 231 Å². The Bertz CT molecular complexity index is 1260. The third-order valence-electron chi connectivity index (χ3n) is 8.12.